The summed E-state index contributed by atoms with van der Waals surface area (Å²) in [5.74, 6) is -0.450. The van der Waals surface area contributed by atoms with Gasteiger partial charge >= 0.3 is 5.97 Å². The van der Waals surface area contributed by atoms with E-state index in [4.69, 9.17) is 14.2 Å². The van der Waals surface area contributed by atoms with Crippen LogP contribution < -0.4 is 0 Å². The van der Waals surface area contributed by atoms with Crippen molar-refractivity contribution in [3.63, 3.8) is 0 Å². The molecular weight excluding hydrogens is 208 g/mol. The highest BCUT2D eigenvalue weighted by Gasteiger charge is 2.66. The molecule has 0 radical (unpaired) electrons. The van der Waals surface area contributed by atoms with Gasteiger partial charge in [-0.15, -0.1) is 0 Å². The molecule has 2 spiro atoms. The van der Waals surface area contributed by atoms with Crippen LogP contribution in [0, 0.1) is 5.92 Å². The first-order valence-corrected chi connectivity index (χ1v) is 5.53. The van der Waals surface area contributed by atoms with Crippen LogP contribution in [0.15, 0.2) is 23.8 Å². The molecule has 5 aliphatic heterocycles. The Morgan fingerprint density at radius 1 is 1.38 bits per heavy atom. The zero-order valence-corrected chi connectivity index (χ0v) is 8.93. The van der Waals surface area contributed by atoms with Gasteiger partial charge in [-0.2, -0.15) is 0 Å². The summed E-state index contributed by atoms with van der Waals surface area (Å²) in [6, 6.07) is 0. The first kappa shape index (κ1) is 8.96. The fourth-order valence-corrected chi connectivity index (χ4v) is 3.26. The number of esters is 1. The van der Waals surface area contributed by atoms with Gasteiger partial charge in [0.1, 0.15) is 5.92 Å². The van der Waals surface area contributed by atoms with Crippen LogP contribution in [0.3, 0.4) is 0 Å². The SMILES string of the molecule is CC1=C[C@@]23COC[C@]24C=C[C@H](O4)[C@H]1C(=O)O3. The van der Waals surface area contributed by atoms with Crippen molar-refractivity contribution in [2.24, 2.45) is 5.92 Å². The van der Waals surface area contributed by atoms with Crippen molar-refractivity contribution in [2.45, 2.75) is 24.2 Å². The molecule has 4 bridgehead atoms. The van der Waals surface area contributed by atoms with E-state index in [-0.39, 0.29) is 18.0 Å². The van der Waals surface area contributed by atoms with Gasteiger partial charge in [-0.25, -0.2) is 0 Å². The molecule has 0 aromatic carbocycles. The molecule has 0 amide bonds. The number of fused-ring (bicyclic) bond motifs is 1. The molecular formula is C12H12O4. The van der Waals surface area contributed by atoms with E-state index < -0.39 is 11.2 Å². The van der Waals surface area contributed by atoms with Crippen molar-refractivity contribution in [2.75, 3.05) is 13.2 Å². The standard InChI is InChI=1S/C12H12O4/c1-7-4-12-6-14-5-11(12)3-2-8(15-11)9(7)10(13)16-12/h2-4,8-9H,5-6H2,1H3/t8-,9-,11+,12+/m0/s1. The molecule has 0 saturated carbocycles. The van der Waals surface area contributed by atoms with Crippen molar-refractivity contribution in [3.8, 4) is 0 Å². The minimum Gasteiger partial charge on any atom is -0.448 e. The van der Waals surface area contributed by atoms with Gasteiger partial charge < -0.3 is 14.2 Å². The van der Waals surface area contributed by atoms with E-state index in [0.717, 1.165) is 5.57 Å². The molecule has 0 unspecified atom stereocenters. The first-order valence-electron chi connectivity index (χ1n) is 5.53. The number of carbonyl (C=O) groups excluding carboxylic acids is 1. The molecule has 16 heavy (non-hydrogen) atoms. The lowest BCUT2D eigenvalue weighted by Crippen LogP contribution is -2.54. The Morgan fingerprint density at radius 2 is 2.19 bits per heavy atom. The Bertz CT molecular complexity index is 452. The monoisotopic (exact) mass is 220 g/mol. The maximum atomic E-state index is 12.0. The predicted octanol–water partition coefficient (Wildman–Crippen LogP) is 0.582. The molecule has 5 aliphatic rings. The van der Waals surface area contributed by atoms with Crippen molar-refractivity contribution in [1.29, 1.82) is 0 Å². The van der Waals surface area contributed by atoms with E-state index in [1.165, 1.54) is 0 Å². The Hall–Kier alpha value is -1.13. The number of rotatable bonds is 0. The van der Waals surface area contributed by atoms with Crippen LogP contribution in [0.1, 0.15) is 6.92 Å². The summed E-state index contributed by atoms with van der Waals surface area (Å²) < 4.78 is 17.1. The van der Waals surface area contributed by atoms with E-state index >= 15 is 0 Å². The van der Waals surface area contributed by atoms with Gasteiger partial charge in [-0.05, 0) is 19.1 Å². The van der Waals surface area contributed by atoms with Gasteiger partial charge in [0.15, 0.2) is 11.2 Å². The van der Waals surface area contributed by atoms with E-state index in [2.05, 4.69) is 0 Å². The molecule has 4 nitrogen and oxygen atoms in total. The topological polar surface area (TPSA) is 44.8 Å². The second-order valence-corrected chi connectivity index (χ2v) is 5.00. The third-order valence-corrected chi connectivity index (χ3v) is 4.07. The second kappa shape index (κ2) is 2.41. The van der Waals surface area contributed by atoms with Gasteiger partial charge in [0.05, 0.1) is 19.3 Å². The average molecular weight is 220 g/mol. The number of ether oxygens (including phenoxy) is 3. The number of carbonyl (C=O) groups is 1. The Kier molecular flexibility index (Phi) is 1.35. The van der Waals surface area contributed by atoms with Crippen LogP contribution in [0.5, 0.6) is 0 Å². The molecule has 84 valence electrons. The summed E-state index contributed by atoms with van der Waals surface area (Å²) in [5.41, 5.74) is -0.273. The highest BCUT2D eigenvalue weighted by Crippen LogP contribution is 2.51. The number of hydrogen-bond acceptors (Lipinski definition) is 4. The molecule has 0 aromatic heterocycles. The summed E-state index contributed by atoms with van der Waals surface area (Å²) >= 11 is 0. The van der Waals surface area contributed by atoms with Crippen molar-refractivity contribution < 1.29 is 19.0 Å². The van der Waals surface area contributed by atoms with Crippen LogP contribution in [-0.4, -0.2) is 36.5 Å². The van der Waals surface area contributed by atoms with Gasteiger partial charge in [0.2, 0.25) is 0 Å². The summed E-state index contributed by atoms with van der Waals surface area (Å²) in [6.07, 6.45) is 5.82. The summed E-state index contributed by atoms with van der Waals surface area (Å²) in [7, 11) is 0. The third kappa shape index (κ3) is 0.759. The Balaban J connectivity index is 2.01. The number of hydrogen-bond donors (Lipinski definition) is 0. The zero-order valence-electron chi connectivity index (χ0n) is 8.93. The second-order valence-electron chi connectivity index (χ2n) is 5.00. The van der Waals surface area contributed by atoms with Gasteiger partial charge in [-0.3, -0.25) is 4.79 Å². The minimum atomic E-state index is -0.730. The quantitative estimate of drug-likeness (QED) is 0.442. The van der Waals surface area contributed by atoms with E-state index in [0.29, 0.717) is 13.2 Å². The predicted molar refractivity (Wildman–Crippen MR) is 53.6 cm³/mol. The van der Waals surface area contributed by atoms with Crippen LogP contribution in [0.2, 0.25) is 0 Å². The smallest absolute Gasteiger partial charge is 0.317 e. The highest BCUT2D eigenvalue weighted by molar-refractivity contribution is 5.80. The fourth-order valence-electron chi connectivity index (χ4n) is 3.26. The lowest BCUT2D eigenvalue weighted by Gasteiger charge is -2.37. The Labute approximate surface area is 92.9 Å². The van der Waals surface area contributed by atoms with Gasteiger partial charge in [0.25, 0.3) is 0 Å². The molecule has 0 N–H and O–H groups in total. The van der Waals surface area contributed by atoms with E-state index in [1.807, 2.05) is 25.2 Å². The summed E-state index contributed by atoms with van der Waals surface area (Å²) in [5, 5.41) is 0. The van der Waals surface area contributed by atoms with Crippen LogP contribution in [-0.2, 0) is 19.0 Å². The van der Waals surface area contributed by atoms with Gasteiger partial charge in [0, 0.05) is 0 Å². The van der Waals surface area contributed by atoms with Gasteiger partial charge in [-0.1, -0.05) is 11.6 Å². The van der Waals surface area contributed by atoms with E-state index in [1.54, 1.807) is 0 Å². The normalized spacial score (nSPS) is 52.3. The molecule has 5 heterocycles. The third-order valence-electron chi connectivity index (χ3n) is 4.07. The maximum Gasteiger partial charge on any atom is 0.317 e. The molecule has 4 atom stereocenters. The lowest BCUT2D eigenvalue weighted by molar-refractivity contribution is -0.164. The fraction of sp³-hybridized carbons (Fsp3) is 0.583. The summed E-state index contributed by atoms with van der Waals surface area (Å²) in [4.78, 5) is 12.0. The van der Waals surface area contributed by atoms with Crippen LogP contribution in [0.25, 0.3) is 0 Å². The molecule has 4 heteroatoms. The largest absolute Gasteiger partial charge is 0.448 e. The summed E-state index contributed by atoms with van der Waals surface area (Å²) in [6.45, 7) is 2.82. The Morgan fingerprint density at radius 3 is 3.00 bits per heavy atom. The highest BCUT2D eigenvalue weighted by atomic mass is 16.6. The first-order chi connectivity index (χ1) is 7.66. The molecule has 0 aromatic rings. The van der Waals surface area contributed by atoms with Crippen LogP contribution >= 0.6 is 0 Å². The molecule has 0 aliphatic carbocycles. The van der Waals surface area contributed by atoms with E-state index in [9.17, 15) is 4.79 Å². The maximum absolute atomic E-state index is 12.0. The average Bonchev–Trinajstić information content (AvgIpc) is 2.70. The zero-order chi connectivity index (χ0) is 11.0. The van der Waals surface area contributed by atoms with Crippen molar-refractivity contribution in [3.05, 3.63) is 23.8 Å². The molecule has 2 fully saturated rings. The lowest BCUT2D eigenvalue weighted by atomic mass is 9.79. The molecule has 5 rings (SSSR count). The minimum absolute atomic E-state index is 0.179. The molecule has 2 saturated heterocycles. The van der Waals surface area contributed by atoms with Crippen molar-refractivity contribution >= 4 is 5.97 Å². The van der Waals surface area contributed by atoms with Crippen molar-refractivity contribution in [1.82, 2.24) is 0 Å². The van der Waals surface area contributed by atoms with Crippen LogP contribution in [0.4, 0.5) is 0 Å².